The van der Waals surface area contributed by atoms with Crippen LogP contribution >= 0.6 is 0 Å². The normalized spacial score (nSPS) is 19.4. The Hall–Kier alpha value is -1.67. The number of carbonyl (C=O) groups excluding carboxylic acids is 1. The fraction of sp³-hybridized carbons (Fsp3) is 0.538. The molecule has 2 rings (SSSR count). The summed E-state index contributed by atoms with van der Waals surface area (Å²) < 4.78 is 29.6. The van der Waals surface area contributed by atoms with E-state index >= 15 is 0 Å². The third kappa shape index (κ3) is 3.70. The Bertz CT molecular complexity index is 618. The number of methoxy groups -OCH3 is 1. The lowest BCUT2D eigenvalue weighted by Gasteiger charge is -2.21. The van der Waals surface area contributed by atoms with E-state index in [0.29, 0.717) is 25.3 Å². The largest absolute Gasteiger partial charge is 0.481 e. The summed E-state index contributed by atoms with van der Waals surface area (Å²) in [4.78, 5) is 16.2. The predicted octanol–water partition coefficient (Wildman–Crippen LogP) is 0.130. The van der Waals surface area contributed by atoms with Crippen LogP contribution in [0.15, 0.2) is 18.3 Å². The molecule has 0 aliphatic carbocycles. The number of hydrogen-bond acceptors (Lipinski definition) is 5. The highest BCUT2D eigenvalue weighted by Gasteiger charge is 2.36. The summed E-state index contributed by atoms with van der Waals surface area (Å²) >= 11 is 0. The first-order chi connectivity index (χ1) is 9.93. The molecule has 21 heavy (non-hydrogen) atoms. The molecular formula is C13H19N3O4S. The monoisotopic (exact) mass is 313 g/mol. The van der Waals surface area contributed by atoms with Crippen LogP contribution in [0.1, 0.15) is 18.4 Å². The second kappa shape index (κ2) is 6.40. The van der Waals surface area contributed by atoms with Gasteiger partial charge in [0.25, 0.3) is 0 Å². The highest BCUT2D eigenvalue weighted by molar-refractivity contribution is 7.88. The lowest BCUT2D eigenvalue weighted by atomic mass is 10.2. The topological polar surface area (TPSA) is 88.6 Å². The van der Waals surface area contributed by atoms with Gasteiger partial charge >= 0.3 is 0 Å². The third-order valence-corrected chi connectivity index (χ3v) is 4.72. The van der Waals surface area contributed by atoms with Crippen molar-refractivity contribution >= 4 is 15.9 Å². The molecule has 7 nitrogen and oxygen atoms in total. The number of carbonyl (C=O) groups is 1. The van der Waals surface area contributed by atoms with Crippen LogP contribution < -0.4 is 10.1 Å². The number of rotatable bonds is 5. The highest BCUT2D eigenvalue weighted by atomic mass is 32.2. The van der Waals surface area contributed by atoms with Crippen molar-refractivity contribution in [2.75, 3.05) is 19.9 Å². The average Bonchev–Trinajstić information content (AvgIpc) is 2.94. The van der Waals surface area contributed by atoms with E-state index in [1.165, 1.54) is 11.4 Å². The van der Waals surface area contributed by atoms with Crippen molar-refractivity contribution in [1.29, 1.82) is 0 Å². The molecule has 0 radical (unpaired) electrons. The van der Waals surface area contributed by atoms with Gasteiger partial charge in [-0.2, -0.15) is 4.31 Å². The van der Waals surface area contributed by atoms with Crippen LogP contribution in [0.4, 0.5) is 0 Å². The molecular weight excluding hydrogens is 294 g/mol. The zero-order chi connectivity index (χ0) is 15.5. The molecule has 116 valence electrons. The number of ether oxygens (including phenoxy) is 1. The molecule has 1 aromatic rings. The van der Waals surface area contributed by atoms with Crippen molar-refractivity contribution in [2.24, 2.45) is 0 Å². The van der Waals surface area contributed by atoms with Gasteiger partial charge in [-0.25, -0.2) is 13.4 Å². The van der Waals surface area contributed by atoms with E-state index in [-0.39, 0.29) is 12.5 Å². The molecule has 0 aromatic carbocycles. The van der Waals surface area contributed by atoms with Crippen LogP contribution in [0.25, 0.3) is 0 Å². The molecule has 2 heterocycles. The number of sulfonamides is 1. The van der Waals surface area contributed by atoms with E-state index in [1.807, 2.05) is 0 Å². The molecule has 8 heteroatoms. The Kier molecular flexibility index (Phi) is 4.79. The van der Waals surface area contributed by atoms with Crippen LogP contribution in [0.2, 0.25) is 0 Å². The third-order valence-electron chi connectivity index (χ3n) is 3.43. The first-order valence-corrected chi connectivity index (χ1v) is 8.50. The second-order valence-corrected chi connectivity index (χ2v) is 6.86. The summed E-state index contributed by atoms with van der Waals surface area (Å²) in [5.74, 6) is 0.160. The van der Waals surface area contributed by atoms with Crippen molar-refractivity contribution in [1.82, 2.24) is 14.6 Å². The van der Waals surface area contributed by atoms with Gasteiger partial charge in [-0.3, -0.25) is 4.79 Å². The molecule has 1 unspecified atom stereocenters. The number of amides is 1. The predicted molar refractivity (Wildman–Crippen MR) is 77.2 cm³/mol. The average molecular weight is 313 g/mol. The zero-order valence-electron chi connectivity index (χ0n) is 12.1. The maximum atomic E-state index is 12.2. The Morgan fingerprint density at radius 2 is 2.33 bits per heavy atom. The Labute approximate surface area is 124 Å². The minimum atomic E-state index is -3.36. The van der Waals surface area contributed by atoms with Gasteiger partial charge in [0.1, 0.15) is 6.04 Å². The van der Waals surface area contributed by atoms with Crippen molar-refractivity contribution in [2.45, 2.75) is 25.4 Å². The number of nitrogens with zero attached hydrogens (tertiary/aromatic N) is 2. The summed E-state index contributed by atoms with van der Waals surface area (Å²) in [6.07, 6.45) is 3.97. The summed E-state index contributed by atoms with van der Waals surface area (Å²) in [7, 11) is -1.85. The van der Waals surface area contributed by atoms with Crippen molar-refractivity contribution in [3.63, 3.8) is 0 Å². The molecule has 0 spiro atoms. The van der Waals surface area contributed by atoms with E-state index in [4.69, 9.17) is 4.74 Å². The molecule has 1 aromatic heterocycles. The Morgan fingerprint density at radius 3 is 3.00 bits per heavy atom. The first kappa shape index (κ1) is 15.7. The zero-order valence-corrected chi connectivity index (χ0v) is 12.9. The Morgan fingerprint density at radius 1 is 1.57 bits per heavy atom. The second-order valence-electron chi connectivity index (χ2n) is 4.92. The first-order valence-electron chi connectivity index (χ1n) is 6.66. The fourth-order valence-electron chi connectivity index (χ4n) is 2.44. The van der Waals surface area contributed by atoms with Crippen molar-refractivity contribution in [3.8, 4) is 5.88 Å². The minimum Gasteiger partial charge on any atom is -0.481 e. The van der Waals surface area contributed by atoms with Gasteiger partial charge in [0, 0.05) is 24.8 Å². The molecule has 1 atom stereocenters. The van der Waals surface area contributed by atoms with Crippen LogP contribution in [-0.2, 0) is 21.4 Å². The Balaban J connectivity index is 2.02. The fourth-order valence-corrected chi connectivity index (χ4v) is 3.57. The van der Waals surface area contributed by atoms with E-state index in [9.17, 15) is 13.2 Å². The van der Waals surface area contributed by atoms with E-state index in [1.54, 1.807) is 18.3 Å². The van der Waals surface area contributed by atoms with Crippen LogP contribution in [0, 0.1) is 0 Å². The van der Waals surface area contributed by atoms with Gasteiger partial charge in [0.15, 0.2) is 0 Å². The summed E-state index contributed by atoms with van der Waals surface area (Å²) in [5, 5.41) is 2.75. The number of hydrogen-bond donors (Lipinski definition) is 1. The van der Waals surface area contributed by atoms with Gasteiger partial charge in [-0.1, -0.05) is 6.07 Å². The van der Waals surface area contributed by atoms with E-state index in [0.717, 1.165) is 11.8 Å². The molecule has 0 bridgehead atoms. The lowest BCUT2D eigenvalue weighted by Crippen LogP contribution is -2.45. The quantitative estimate of drug-likeness (QED) is 0.835. The molecule has 1 amide bonds. The maximum absolute atomic E-state index is 12.2. The van der Waals surface area contributed by atoms with Gasteiger partial charge < -0.3 is 10.1 Å². The van der Waals surface area contributed by atoms with Gasteiger partial charge in [0.05, 0.1) is 13.4 Å². The van der Waals surface area contributed by atoms with Gasteiger partial charge in [-0.15, -0.1) is 0 Å². The van der Waals surface area contributed by atoms with Gasteiger partial charge in [-0.05, 0) is 18.9 Å². The SMILES string of the molecule is COc1ncccc1CNC(=O)C1CCCN1S(C)(=O)=O. The molecule has 0 saturated carbocycles. The number of pyridine rings is 1. The van der Waals surface area contributed by atoms with E-state index in [2.05, 4.69) is 10.3 Å². The standard InChI is InChI=1S/C13H19N3O4S/c1-20-13-10(5-3-7-14-13)9-15-12(17)11-6-4-8-16(11)21(2,18)19/h3,5,7,11H,4,6,8-9H2,1-2H3,(H,15,17). The molecule has 1 aliphatic rings. The smallest absolute Gasteiger partial charge is 0.238 e. The van der Waals surface area contributed by atoms with Crippen LogP contribution in [-0.4, -0.2) is 49.6 Å². The summed E-state index contributed by atoms with van der Waals surface area (Å²) in [5.41, 5.74) is 0.747. The minimum absolute atomic E-state index is 0.254. The molecule has 1 saturated heterocycles. The maximum Gasteiger partial charge on any atom is 0.238 e. The molecule has 1 aliphatic heterocycles. The highest BCUT2D eigenvalue weighted by Crippen LogP contribution is 2.21. The van der Waals surface area contributed by atoms with Gasteiger partial charge in [0.2, 0.25) is 21.8 Å². The molecule has 1 fully saturated rings. The lowest BCUT2D eigenvalue weighted by molar-refractivity contribution is -0.124. The van der Waals surface area contributed by atoms with E-state index < -0.39 is 16.1 Å². The summed E-state index contributed by atoms with van der Waals surface area (Å²) in [6.45, 7) is 0.650. The molecule has 1 N–H and O–H groups in total. The van der Waals surface area contributed by atoms with Crippen LogP contribution in [0.3, 0.4) is 0 Å². The van der Waals surface area contributed by atoms with Crippen LogP contribution in [0.5, 0.6) is 5.88 Å². The van der Waals surface area contributed by atoms with Crippen molar-refractivity contribution < 1.29 is 17.9 Å². The van der Waals surface area contributed by atoms with Crippen molar-refractivity contribution in [3.05, 3.63) is 23.9 Å². The number of nitrogens with one attached hydrogen (secondary N) is 1. The summed E-state index contributed by atoms with van der Waals surface area (Å²) in [6, 6.07) is 2.93. The number of aromatic nitrogens is 1.